The van der Waals surface area contributed by atoms with Crippen molar-refractivity contribution in [1.29, 1.82) is 0 Å². The number of amides is 1. The molecule has 0 aliphatic carbocycles. The Morgan fingerprint density at radius 2 is 1.87 bits per heavy atom. The Bertz CT molecular complexity index is 1280. The lowest BCUT2D eigenvalue weighted by Gasteiger charge is -2.34. The Hall–Kier alpha value is -3.32. The van der Waals surface area contributed by atoms with Gasteiger partial charge in [0.2, 0.25) is 0 Å². The molecular formula is C23H21N5OS. The number of thioether (sulfide) groups is 1. The molecule has 3 heterocycles. The highest BCUT2D eigenvalue weighted by molar-refractivity contribution is 8.13. The maximum atomic E-state index is 13.1. The van der Waals surface area contributed by atoms with Crippen LogP contribution in [0, 0.1) is 6.92 Å². The lowest BCUT2D eigenvalue weighted by molar-refractivity contribution is -0.116. The fourth-order valence-corrected chi connectivity index (χ4v) is 4.47. The number of hydrogen-bond donors (Lipinski definition) is 1. The van der Waals surface area contributed by atoms with E-state index in [2.05, 4.69) is 36.5 Å². The summed E-state index contributed by atoms with van der Waals surface area (Å²) in [6, 6.07) is 20.1. The maximum Gasteiger partial charge on any atom is 0.276 e. The number of fused-ring (bicyclic) bond motifs is 2. The van der Waals surface area contributed by atoms with Crippen molar-refractivity contribution < 1.29 is 4.79 Å². The first-order valence-electron chi connectivity index (χ1n) is 9.76. The SMILES string of the molecule is Cc1ccc(CSC2=NN3C(=c4ccccc4=NC3c3cccn3C)C(=O)N2)cc1. The van der Waals surface area contributed by atoms with Crippen LogP contribution in [0.2, 0.25) is 0 Å². The van der Waals surface area contributed by atoms with E-state index in [0.717, 1.165) is 22.0 Å². The zero-order chi connectivity index (χ0) is 20.7. The summed E-state index contributed by atoms with van der Waals surface area (Å²) in [6.45, 7) is 2.07. The fraction of sp³-hybridized carbons (Fsp3) is 0.174. The second-order valence-corrected chi connectivity index (χ2v) is 8.35. The van der Waals surface area contributed by atoms with Gasteiger partial charge in [0.25, 0.3) is 5.91 Å². The van der Waals surface area contributed by atoms with Crippen LogP contribution in [0.5, 0.6) is 0 Å². The number of aromatic nitrogens is 1. The molecular weight excluding hydrogens is 394 g/mol. The lowest BCUT2D eigenvalue weighted by atomic mass is 10.1. The fourth-order valence-electron chi connectivity index (χ4n) is 3.66. The molecule has 150 valence electrons. The van der Waals surface area contributed by atoms with Crippen LogP contribution in [0.4, 0.5) is 0 Å². The van der Waals surface area contributed by atoms with E-state index in [1.165, 1.54) is 22.9 Å². The van der Waals surface area contributed by atoms with Gasteiger partial charge in [0.1, 0.15) is 5.70 Å². The van der Waals surface area contributed by atoms with Crippen LogP contribution in [0.1, 0.15) is 23.0 Å². The lowest BCUT2D eigenvalue weighted by Crippen LogP contribution is -2.50. The summed E-state index contributed by atoms with van der Waals surface area (Å²) in [7, 11) is 1.98. The van der Waals surface area contributed by atoms with Gasteiger partial charge in [-0.2, -0.15) is 0 Å². The number of amidine groups is 1. The molecule has 2 aliphatic heterocycles. The Balaban J connectivity index is 1.55. The topological polar surface area (TPSA) is 62.0 Å². The third-order valence-electron chi connectivity index (χ3n) is 5.26. The molecule has 2 aromatic carbocycles. The average molecular weight is 416 g/mol. The minimum Gasteiger partial charge on any atom is -0.351 e. The van der Waals surface area contributed by atoms with Crippen LogP contribution in [0.3, 0.4) is 0 Å². The van der Waals surface area contributed by atoms with E-state index in [9.17, 15) is 4.79 Å². The maximum absolute atomic E-state index is 13.1. The van der Waals surface area contributed by atoms with Crippen molar-refractivity contribution in [2.24, 2.45) is 17.1 Å². The van der Waals surface area contributed by atoms with Gasteiger partial charge >= 0.3 is 0 Å². The third-order valence-corrected chi connectivity index (χ3v) is 6.19. The van der Waals surface area contributed by atoms with E-state index in [0.29, 0.717) is 10.9 Å². The molecule has 1 amide bonds. The molecule has 1 unspecified atom stereocenters. The molecule has 0 saturated carbocycles. The van der Waals surface area contributed by atoms with Gasteiger partial charge in [-0.25, -0.2) is 5.01 Å². The van der Waals surface area contributed by atoms with Crippen molar-refractivity contribution in [1.82, 2.24) is 14.9 Å². The van der Waals surface area contributed by atoms with Crippen molar-refractivity contribution >= 4 is 28.5 Å². The number of nitrogens with one attached hydrogen (secondary N) is 1. The first-order valence-corrected chi connectivity index (χ1v) is 10.7. The minimum atomic E-state index is -0.393. The van der Waals surface area contributed by atoms with Crippen LogP contribution in [-0.4, -0.2) is 20.7 Å². The normalized spacial score (nSPS) is 17.6. The van der Waals surface area contributed by atoms with Gasteiger partial charge in [-0.05, 0) is 30.7 Å². The highest BCUT2D eigenvalue weighted by atomic mass is 32.2. The van der Waals surface area contributed by atoms with Gasteiger partial charge in [-0.3, -0.25) is 15.1 Å². The Labute approximate surface area is 178 Å². The summed E-state index contributed by atoms with van der Waals surface area (Å²) < 4.78 is 2.01. The van der Waals surface area contributed by atoms with Crippen molar-refractivity contribution in [3.05, 3.63) is 94.3 Å². The number of carbonyl (C=O) groups excluding carboxylic acids is 1. The largest absolute Gasteiger partial charge is 0.351 e. The zero-order valence-electron chi connectivity index (χ0n) is 16.7. The van der Waals surface area contributed by atoms with E-state index in [1.807, 2.05) is 54.2 Å². The number of carbonyl (C=O) groups is 1. The van der Waals surface area contributed by atoms with Gasteiger partial charge in [0, 0.05) is 24.2 Å². The van der Waals surface area contributed by atoms with Gasteiger partial charge in [0.05, 0.1) is 11.1 Å². The monoisotopic (exact) mass is 415 g/mol. The Morgan fingerprint density at radius 3 is 2.63 bits per heavy atom. The number of hydrogen-bond acceptors (Lipinski definition) is 5. The smallest absolute Gasteiger partial charge is 0.276 e. The van der Waals surface area contributed by atoms with Crippen LogP contribution < -0.4 is 15.9 Å². The van der Waals surface area contributed by atoms with E-state index in [1.54, 1.807) is 5.01 Å². The summed E-state index contributed by atoms with van der Waals surface area (Å²) in [6.07, 6.45) is 1.59. The number of rotatable bonds is 3. The molecule has 5 rings (SSSR count). The summed E-state index contributed by atoms with van der Waals surface area (Å²) in [5.74, 6) is 0.573. The van der Waals surface area contributed by atoms with Crippen molar-refractivity contribution in [2.45, 2.75) is 18.8 Å². The zero-order valence-corrected chi connectivity index (χ0v) is 17.6. The molecule has 3 aromatic rings. The summed E-state index contributed by atoms with van der Waals surface area (Å²) >= 11 is 1.52. The number of benzene rings is 2. The molecule has 0 spiro atoms. The molecule has 1 aromatic heterocycles. The molecule has 1 N–H and O–H groups in total. The molecule has 1 atom stereocenters. The second-order valence-electron chi connectivity index (χ2n) is 7.39. The van der Waals surface area contributed by atoms with Crippen molar-refractivity contribution in [3.8, 4) is 0 Å². The van der Waals surface area contributed by atoms with Crippen LogP contribution >= 0.6 is 11.8 Å². The standard InChI is InChI=1S/C23H21N5OS/c1-15-9-11-16(12-10-15)14-30-23-25-22(29)20-17-6-3-4-7-18(17)24-21(28(20)26-23)19-8-5-13-27(19)2/h3-13,21H,14H2,1-2H3,(H,25,26,29). The number of nitrogens with zero attached hydrogens (tertiary/aromatic N) is 4. The third kappa shape index (κ3) is 3.31. The van der Waals surface area contributed by atoms with Gasteiger partial charge in [-0.1, -0.05) is 59.8 Å². The summed E-state index contributed by atoms with van der Waals surface area (Å²) in [4.78, 5) is 18.0. The highest BCUT2D eigenvalue weighted by Crippen LogP contribution is 2.31. The van der Waals surface area contributed by atoms with E-state index in [-0.39, 0.29) is 5.91 Å². The molecule has 0 fully saturated rings. The first-order chi connectivity index (χ1) is 14.6. The van der Waals surface area contributed by atoms with Crippen LogP contribution in [0.15, 0.2) is 77.0 Å². The van der Waals surface area contributed by atoms with Gasteiger partial charge in [0.15, 0.2) is 11.3 Å². The molecule has 0 saturated heterocycles. The number of hydrazone groups is 1. The van der Waals surface area contributed by atoms with E-state index < -0.39 is 6.17 Å². The van der Waals surface area contributed by atoms with Crippen LogP contribution in [-0.2, 0) is 17.6 Å². The molecule has 0 bridgehead atoms. The van der Waals surface area contributed by atoms with Crippen molar-refractivity contribution in [3.63, 3.8) is 0 Å². The van der Waals surface area contributed by atoms with Gasteiger partial charge in [-0.15, -0.1) is 5.10 Å². The van der Waals surface area contributed by atoms with E-state index >= 15 is 0 Å². The predicted octanol–water partition coefficient (Wildman–Crippen LogP) is 2.41. The molecule has 7 heteroatoms. The summed E-state index contributed by atoms with van der Waals surface area (Å²) in [5, 5.41) is 11.7. The Kier molecular flexibility index (Phi) is 4.67. The summed E-state index contributed by atoms with van der Waals surface area (Å²) in [5.41, 5.74) is 3.92. The molecule has 30 heavy (non-hydrogen) atoms. The average Bonchev–Trinajstić information content (AvgIpc) is 3.18. The number of para-hydroxylation sites is 1. The second kappa shape index (κ2) is 7.50. The Morgan fingerprint density at radius 1 is 1.07 bits per heavy atom. The molecule has 0 radical (unpaired) electrons. The van der Waals surface area contributed by atoms with Crippen LogP contribution in [0.25, 0.3) is 5.70 Å². The molecule has 2 aliphatic rings. The minimum absolute atomic E-state index is 0.155. The predicted molar refractivity (Wildman–Crippen MR) is 119 cm³/mol. The molecule has 6 nitrogen and oxygen atoms in total. The first kappa shape index (κ1) is 18.7. The number of aryl methyl sites for hydroxylation is 2. The van der Waals surface area contributed by atoms with E-state index in [4.69, 9.17) is 10.1 Å². The van der Waals surface area contributed by atoms with Gasteiger partial charge < -0.3 is 4.57 Å². The highest BCUT2D eigenvalue weighted by Gasteiger charge is 2.35. The quantitative estimate of drug-likeness (QED) is 0.715. The van der Waals surface area contributed by atoms with Crippen molar-refractivity contribution in [2.75, 3.05) is 0 Å².